The molecule has 0 aliphatic carbocycles. The summed E-state index contributed by atoms with van der Waals surface area (Å²) in [5, 5.41) is 12.9. The van der Waals surface area contributed by atoms with E-state index in [1.54, 1.807) is 24.4 Å². The molecule has 5 heteroatoms. The summed E-state index contributed by atoms with van der Waals surface area (Å²) in [4.78, 5) is 19.6. The second-order valence-corrected chi connectivity index (χ2v) is 4.57. The van der Waals surface area contributed by atoms with Crippen LogP contribution in [0.5, 0.6) is 0 Å². The molecule has 0 spiro atoms. The number of rotatable bonds is 5. The highest BCUT2D eigenvalue weighted by atomic mass is 16.4. The summed E-state index contributed by atoms with van der Waals surface area (Å²) in [5.74, 6) is -0.426. The lowest BCUT2D eigenvalue weighted by molar-refractivity contribution is 0.0699. The van der Waals surface area contributed by atoms with Gasteiger partial charge in [0, 0.05) is 17.6 Å². The normalized spacial score (nSPS) is 12.3. The van der Waals surface area contributed by atoms with Crippen LogP contribution in [0.4, 0.5) is 5.95 Å². The number of carbonyl (C=O) groups is 1. The Bertz CT molecular complexity index is 598. The molecule has 0 radical (unpaired) electrons. The second-order valence-electron chi connectivity index (χ2n) is 4.57. The lowest BCUT2D eigenvalue weighted by Crippen LogP contribution is -2.16. The summed E-state index contributed by atoms with van der Waals surface area (Å²) in [6.45, 7) is 4.20. The monoisotopic (exact) mass is 259 g/mol. The van der Waals surface area contributed by atoms with Crippen molar-refractivity contribution in [2.24, 2.45) is 0 Å². The van der Waals surface area contributed by atoms with E-state index in [4.69, 9.17) is 5.11 Å². The largest absolute Gasteiger partial charge is 0.478 e. The third-order valence-corrected chi connectivity index (χ3v) is 2.95. The van der Waals surface area contributed by atoms with Crippen LogP contribution in [0.1, 0.15) is 37.0 Å². The minimum absolute atomic E-state index is 0.227. The number of nitrogens with zero attached hydrogens (tertiary/aromatic N) is 2. The van der Waals surface area contributed by atoms with Crippen LogP contribution in [0.2, 0.25) is 0 Å². The fraction of sp³-hybridized carbons (Fsp3) is 0.357. The van der Waals surface area contributed by atoms with E-state index >= 15 is 0 Å². The topological polar surface area (TPSA) is 75.1 Å². The van der Waals surface area contributed by atoms with Gasteiger partial charge in [0.2, 0.25) is 5.95 Å². The SMILES string of the molecule is CCCC(C)Nc1ncc2c(C(=O)O)cccc2n1. The van der Waals surface area contributed by atoms with Crippen LogP contribution in [0, 0.1) is 0 Å². The fourth-order valence-electron chi connectivity index (χ4n) is 2.04. The van der Waals surface area contributed by atoms with Crippen molar-refractivity contribution in [3.05, 3.63) is 30.0 Å². The van der Waals surface area contributed by atoms with Gasteiger partial charge in [0.05, 0.1) is 11.1 Å². The molecule has 0 amide bonds. The molecule has 2 rings (SSSR count). The highest BCUT2D eigenvalue weighted by molar-refractivity contribution is 6.02. The third-order valence-electron chi connectivity index (χ3n) is 2.95. The van der Waals surface area contributed by atoms with Gasteiger partial charge in [-0.1, -0.05) is 19.4 Å². The number of aromatic nitrogens is 2. The summed E-state index contributed by atoms with van der Waals surface area (Å²) in [6, 6.07) is 5.34. The predicted molar refractivity (Wildman–Crippen MR) is 74.5 cm³/mol. The van der Waals surface area contributed by atoms with Crippen molar-refractivity contribution >= 4 is 22.8 Å². The minimum Gasteiger partial charge on any atom is -0.478 e. The van der Waals surface area contributed by atoms with Crippen molar-refractivity contribution in [3.8, 4) is 0 Å². The van der Waals surface area contributed by atoms with E-state index in [9.17, 15) is 4.79 Å². The molecule has 1 heterocycles. The Morgan fingerprint density at radius 2 is 2.26 bits per heavy atom. The van der Waals surface area contributed by atoms with Crippen LogP contribution in [0.25, 0.3) is 10.9 Å². The van der Waals surface area contributed by atoms with Gasteiger partial charge in [0.15, 0.2) is 0 Å². The lowest BCUT2D eigenvalue weighted by Gasteiger charge is -2.12. The molecule has 0 aliphatic rings. The number of benzene rings is 1. The number of aromatic carboxylic acids is 1. The Kier molecular flexibility index (Phi) is 3.94. The first-order chi connectivity index (χ1) is 9.11. The first-order valence-electron chi connectivity index (χ1n) is 6.37. The maximum Gasteiger partial charge on any atom is 0.336 e. The highest BCUT2D eigenvalue weighted by Gasteiger charge is 2.10. The molecular weight excluding hydrogens is 242 g/mol. The van der Waals surface area contributed by atoms with Gasteiger partial charge in [-0.25, -0.2) is 14.8 Å². The van der Waals surface area contributed by atoms with Gasteiger partial charge >= 0.3 is 5.97 Å². The van der Waals surface area contributed by atoms with Crippen molar-refractivity contribution in [1.82, 2.24) is 9.97 Å². The standard InChI is InChI=1S/C14H17N3O2/c1-3-5-9(2)16-14-15-8-11-10(13(18)19)6-4-7-12(11)17-14/h4,6-9H,3,5H2,1-2H3,(H,18,19)(H,15,16,17). The minimum atomic E-state index is -0.964. The van der Waals surface area contributed by atoms with Gasteiger partial charge in [-0.15, -0.1) is 0 Å². The molecule has 0 aliphatic heterocycles. The molecule has 0 saturated heterocycles. The quantitative estimate of drug-likeness (QED) is 0.863. The van der Waals surface area contributed by atoms with Gasteiger partial charge in [0.25, 0.3) is 0 Å². The molecule has 0 bridgehead atoms. The molecular formula is C14H17N3O2. The van der Waals surface area contributed by atoms with E-state index < -0.39 is 5.97 Å². The number of carboxylic acid groups (broad SMARTS) is 1. The third kappa shape index (κ3) is 2.99. The van der Waals surface area contributed by atoms with E-state index in [-0.39, 0.29) is 5.56 Å². The molecule has 1 aromatic carbocycles. The van der Waals surface area contributed by atoms with E-state index in [2.05, 4.69) is 29.1 Å². The van der Waals surface area contributed by atoms with Gasteiger partial charge in [0.1, 0.15) is 0 Å². The van der Waals surface area contributed by atoms with Crippen LogP contribution in [0.3, 0.4) is 0 Å². The molecule has 1 aromatic heterocycles. The van der Waals surface area contributed by atoms with Crippen molar-refractivity contribution in [2.45, 2.75) is 32.7 Å². The van der Waals surface area contributed by atoms with Crippen molar-refractivity contribution in [2.75, 3.05) is 5.32 Å². The average Bonchev–Trinajstić information content (AvgIpc) is 2.37. The number of fused-ring (bicyclic) bond motifs is 1. The zero-order valence-corrected chi connectivity index (χ0v) is 11.1. The van der Waals surface area contributed by atoms with Crippen LogP contribution in [-0.4, -0.2) is 27.1 Å². The van der Waals surface area contributed by atoms with Gasteiger partial charge < -0.3 is 10.4 Å². The fourth-order valence-corrected chi connectivity index (χ4v) is 2.04. The number of nitrogens with one attached hydrogen (secondary N) is 1. The molecule has 1 unspecified atom stereocenters. The van der Waals surface area contributed by atoms with Gasteiger partial charge in [-0.3, -0.25) is 0 Å². The Labute approximate surface area is 111 Å². The van der Waals surface area contributed by atoms with E-state index in [1.165, 1.54) is 0 Å². The molecule has 0 fully saturated rings. The van der Waals surface area contributed by atoms with E-state index in [1.807, 2.05) is 0 Å². The lowest BCUT2D eigenvalue weighted by atomic mass is 10.1. The highest BCUT2D eigenvalue weighted by Crippen LogP contribution is 2.18. The number of carboxylic acids is 1. The maximum absolute atomic E-state index is 11.1. The summed E-state index contributed by atoms with van der Waals surface area (Å²) in [7, 11) is 0. The van der Waals surface area contributed by atoms with Crippen LogP contribution in [-0.2, 0) is 0 Å². The van der Waals surface area contributed by atoms with Gasteiger partial charge in [-0.2, -0.15) is 0 Å². The van der Waals surface area contributed by atoms with Crippen molar-refractivity contribution in [3.63, 3.8) is 0 Å². The van der Waals surface area contributed by atoms with Crippen molar-refractivity contribution in [1.29, 1.82) is 0 Å². The molecule has 19 heavy (non-hydrogen) atoms. The summed E-state index contributed by atoms with van der Waals surface area (Å²) < 4.78 is 0. The zero-order valence-electron chi connectivity index (χ0n) is 11.1. The average molecular weight is 259 g/mol. The Hall–Kier alpha value is -2.17. The first kappa shape index (κ1) is 13.3. The van der Waals surface area contributed by atoms with E-state index in [0.717, 1.165) is 12.8 Å². The molecule has 2 aromatic rings. The zero-order chi connectivity index (χ0) is 13.8. The number of hydrogen-bond acceptors (Lipinski definition) is 4. The van der Waals surface area contributed by atoms with Gasteiger partial charge in [-0.05, 0) is 25.5 Å². The summed E-state index contributed by atoms with van der Waals surface area (Å²) in [5.41, 5.74) is 0.867. The molecule has 0 saturated carbocycles. The van der Waals surface area contributed by atoms with Crippen LogP contribution >= 0.6 is 0 Å². The number of anilines is 1. The molecule has 100 valence electrons. The Balaban J connectivity index is 2.34. The van der Waals surface area contributed by atoms with Crippen LogP contribution < -0.4 is 5.32 Å². The first-order valence-corrected chi connectivity index (χ1v) is 6.37. The molecule has 5 nitrogen and oxygen atoms in total. The van der Waals surface area contributed by atoms with E-state index in [0.29, 0.717) is 22.9 Å². The molecule has 1 atom stereocenters. The summed E-state index contributed by atoms with van der Waals surface area (Å²) >= 11 is 0. The number of hydrogen-bond donors (Lipinski definition) is 2. The molecule has 2 N–H and O–H groups in total. The second kappa shape index (κ2) is 5.65. The maximum atomic E-state index is 11.1. The Morgan fingerprint density at radius 1 is 1.47 bits per heavy atom. The summed E-state index contributed by atoms with van der Waals surface area (Å²) in [6.07, 6.45) is 3.69. The predicted octanol–water partition coefficient (Wildman–Crippen LogP) is 2.93. The smallest absolute Gasteiger partial charge is 0.336 e. The van der Waals surface area contributed by atoms with Crippen LogP contribution in [0.15, 0.2) is 24.4 Å². The van der Waals surface area contributed by atoms with Crippen molar-refractivity contribution < 1.29 is 9.90 Å². The Morgan fingerprint density at radius 3 is 2.95 bits per heavy atom.